The SMILES string of the molecule is Cc1c(Cl)cccc1NC(=O)C(C)(N)C(F)(F)F. The Morgan fingerprint density at radius 3 is 2.44 bits per heavy atom. The number of benzene rings is 1. The lowest BCUT2D eigenvalue weighted by Gasteiger charge is -2.26. The molecule has 1 amide bonds. The van der Waals surface area contributed by atoms with E-state index >= 15 is 0 Å². The fourth-order valence-corrected chi connectivity index (χ4v) is 1.30. The maximum atomic E-state index is 12.6. The first-order valence-electron chi connectivity index (χ1n) is 4.99. The van der Waals surface area contributed by atoms with Crippen LogP contribution in [0.15, 0.2) is 18.2 Å². The van der Waals surface area contributed by atoms with Crippen LogP contribution in [-0.2, 0) is 4.79 Å². The van der Waals surface area contributed by atoms with Crippen LogP contribution in [0.4, 0.5) is 18.9 Å². The third-order valence-corrected chi connectivity index (χ3v) is 2.99. The fourth-order valence-electron chi connectivity index (χ4n) is 1.12. The summed E-state index contributed by atoms with van der Waals surface area (Å²) < 4.78 is 37.7. The van der Waals surface area contributed by atoms with E-state index in [1.807, 2.05) is 0 Å². The van der Waals surface area contributed by atoms with Gasteiger partial charge in [0.2, 0.25) is 0 Å². The topological polar surface area (TPSA) is 55.1 Å². The quantitative estimate of drug-likeness (QED) is 0.875. The van der Waals surface area contributed by atoms with E-state index in [4.69, 9.17) is 17.3 Å². The smallest absolute Gasteiger partial charge is 0.324 e. The van der Waals surface area contributed by atoms with E-state index in [1.54, 1.807) is 13.0 Å². The van der Waals surface area contributed by atoms with Gasteiger partial charge in [0.15, 0.2) is 5.54 Å². The number of rotatable bonds is 2. The van der Waals surface area contributed by atoms with E-state index in [2.05, 4.69) is 5.32 Å². The lowest BCUT2D eigenvalue weighted by Crippen LogP contribution is -2.59. The standard InChI is InChI=1S/C11H12ClF3N2O/c1-6-7(12)4-3-5-8(6)17-9(18)10(2,16)11(13,14)15/h3-5H,16H2,1-2H3,(H,17,18). The van der Waals surface area contributed by atoms with Crippen molar-refractivity contribution >= 4 is 23.2 Å². The molecule has 0 saturated carbocycles. The molecule has 3 N–H and O–H groups in total. The number of alkyl halides is 3. The average Bonchev–Trinajstić information content (AvgIpc) is 2.23. The van der Waals surface area contributed by atoms with Crippen LogP contribution < -0.4 is 11.1 Å². The number of anilines is 1. The van der Waals surface area contributed by atoms with Gasteiger partial charge in [0.25, 0.3) is 5.91 Å². The molecule has 7 heteroatoms. The highest BCUT2D eigenvalue weighted by Gasteiger charge is 2.54. The predicted octanol–water partition coefficient (Wildman–Crippen LogP) is 2.87. The maximum absolute atomic E-state index is 12.6. The molecule has 0 aliphatic carbocycles. The van der Waals surface area contributed by atoms with Gasteiger partial charge < -0.3 is 11.1 Å². The molecule has 1 aromatic carbocycles. The molecule has 3 nitrogen and oxygen atoms in total. The van der Waals surface area contributed by atoms with Crippen LogP contribution in [0.1, 0.15) is 12.5 Å². The van der Waals surface area contributed by atoms with E-state index in [0.717, 1.165) is 0 Å². The number of hydrogen-bond donors (Lipinski definition) is 2. The molecule has 100 valence electrons. The van der Waals surface area contributed by atoms with Gasteiger partial charge in [-0.15, -0.1) is 0 Å². The van der Waals surface area contributed by atoms with Crippen molar-refractivity contribution in [1.82, 2.24) is 0 Å². The first-order valence-corrected chi connectivity index (χ1v) is 5.37. The fraction of sp³-hybridized carbons (Fsp3) is 0.364. The molecule has 0 bridgehead atoms. The Kier molecular flexibility index (Phi) is 3.92. The van der Waals surface area contributed by atoms with Gasteiger partial charge >= 0.3 is 6.18 Å². The van der Waals surface area contributed by atoms with Gasteiger partial charge in [-0.1, -0.05) is 17.7 Å². The molecule has 0 aliphatic rings. The third-order valence-electron chi connectivity index (χ3n) is 2.58. The van der Waals surface area contributed by atoms with E-state index in [-0.39, 0.29) is 5.69 Å². The minimum Gasteiger partial charge on any atom is -0.324 e. The second kappa shape index (κ2) is 4.78. The molecule has 0 heterocycles. The van der Waals surface area contributed by atoms with Crippen LogP contribution in [-0.4, -0.2) is 17.6 Å². The number of carbonyl (C=O) groups is 1. The number of nitrogens with two attached hydrogens (primary N) is 1. The first kappa shape index (κ1) is 14.8. The molecule has 0 fully saturated rings. The average molecular weight is 281 g/mol. The zero-order valence-electron chi connectivity index (χ0n) is 9.73. The van der Waals surface area contributed by atoms with Crippen molar-refractivity contribution in [3.05, 3.63) is 28.8 Å². The molecule has 1 aromatic rings. The molecule has 0 aromatic heterocycles. The van der Waals surface area contributed by atoms with Crippen molar-refractivity contribution in [3.63, 3.8) is 0 Å². The largest absolute Gasteiger partial charge is 0.415 e. The van der Waals surface area contributed by atoms with Gasteiger partial charge in [0.1, 0.15) is 0 Å². The Balaban J connectivity index is 2.99. The van der Waals surface area contributed by atoms with E-state index in [9.17, 15) is 18.0 Å². The molecular formula is C11H12ClF3N2O. The summed E-state index contributed by atoms with van der Waals surface area (Å²) in [7, 11) is 0. The van der Waals surface area contributed by atoms with E-state index in [0.29, 0.717) is 17.5 Å². The molecule has 0 saturated heterocycles. The lowest BCUT2D eigenvalue weighted by molar-refractivity contribution is -0.184. The summed E-state index contributed by atoms with van der Waals surface area (Å²) in [6.07, 6.45) is -4.83. The molecule has 1 atom stereocenters. The van der Waals surface area contributed by atoms with Crippen molar-refractivity contribution in [2.24, 2.45) is 5.73 Å². The van der Waals surface area contributed by atoms with Gasteiger partial charge in [0, 0.05) is 10.7 Å². The summed E-state index contributed by atoms with van der Waals surface area (Å²) in [6, 6.07) is 4.54. The van der Waals surface area contributed by atoms with Crippen LogP contribution in [0.5, 0.6) is 0 Å². The molecule has 18 heavy (non-hydrogen) atoms. The number of amides is 1. The highest BCUT2D eigenvalue weighted by Crippen LogP contribution is 2.30. The number of nitrogens with one attached hydrogen (secondary N) is 1. The minimum absolute atomic E-state index is 0.202. The molecule has 0 aliphatic heterocycles. The minimum atomic E-state index is -4.83. The molecule has 1 unspecified atom stereocenters. The Hall–Kier alpha value is -1.27. The Morgan fingerprint density at radius 2 is 1.94 bits per heavy atom. The van der Waals surface area contributed by atoms with Crippen LogP contribution >= 0.6 is 11.6 Å². The highest BCUT2D eigenvalue weighted by atomic mass is 35.5. The summed E-state index contributed by atoms with van der Waals surface area (Å²) in [5.74, 6) is -1.33. The Morgan fingerprint density at radius 1 is 1.39 bits per heavy atom. The van der Waals surface area contributed by atoms with Crippen LogP contribution in [0.25, 0.3) is 0 Å². The van der Waals surface area contributed by atoms with Crippen LogP contribution in [0.2, 0.25) is 5.02 Å². The maximum Gasteiger partial charge on any atom is 0.415 e. The zero-order chi connectivity index (χ0) is 14.1. The normalized spacial score (nSPS) is 15.1. The summed E-state index contributed by atoms with van der Waals surface area (Å²) in [5.41, 5.74) is 2.73. The van der Waals surface area contributed by atoms with Crippen LogP contribution in [0.3, 0.4) is 0 Å². The van der Waals surface area contributed by atoms with Gasteiger partial charge in [-0.3, -0.25) is 4.79 Å². The van der Waals surface area contributed by atoms with Crippen molar-refractivity contribution in [2.45, 2.75) is 25.6 Å². The molecule has 0 radical (unpaired) electrons. The zero-order valence-corrected chi connectivity index (χ0v) is 10.5. The number of halogens is 4. The first-order chi connectivity index (χ1) is 8.07. The summed E-state index contributed by atoms with van der Waals surface area (Å²) in [4.78, 5) is 11.5. The van der Waals surface area contributed by atoms with Gasteiger partial charge in [0.05, 0.1) is 0 Å². The summed E-state index contributed by atoms with van der Waals surface area (Å²) in [5, 5.41) is 2.48. The second-order valence-corrected chi connectivity index (χ2v) is 4.47. The number of hydrogen-bond acceptors (Lipinski definition) is 2. The monoisotopic (exact) mass is 280 g/mol. The Labute approximate surface area is 107 Å². The Bertz CT molecular complexity index is 472. The molecule has 1 rings (SSSR count). The predicted molar refractivity (Wildman–Crippen MR) is 63.5 cm³/mol. The molecule has 0 spiro atoms. The lowest BCUT2D eigenvalue weighted by atomic mass is 10.0. The highest BCUT2D eigenvalue weighted by molar-refractivity contribution is 6.31. The van der Waals surface area contributed by atoms with Gasteiger partial charge in [-0.05, 0) is 31.5 Å². The third kappa shape index (κ3) is 2.76. The van der Waals surface area contributed by atoms with Gasteiger partial charge in [-0.25, -0.2) is 0 Å². The summed E-state index contributed by atoms with van der Waals surface area (Å²) >= 11 is 5.80. The van der Waals surface area contributed by atoms with Crippen molar-refractivity contribution in [2.75, 3.05) is 5.32 Å². The van der Waals surface area contributed by atoms with Gasteiger partial charge in [-0.2, -0.15) is 13.2 Å². The van der Waals surface area contributed by atoms with Crippen molar-refractivity contribution < 1.29 is 18.0 Å². The number of carbonyl (C=O) groups excluding carboxylic acids is 1. The van der Waals surface area contributed by atoms with Crippen molar-refractivity contribution in [1.29, 1.82) is 0 Å². The van der Waals surface area contributed by atoms with E-state index in [1.165, 1.54) is 12.1 Å². The second-order valence-electron chi connectivity index (χ2n) is 4.07. The van der Waals surface area contributed by atoms with Crippen molar-refractivity contribution in [3.8, 4) is 0 Å². The van der Waals surface area contributed by atoms with E-state index < -0.39 is 17.6 Å². The molecular weight excluding hydrogens is 269 g/mol. The summed E-state index contributed by atoms with van der Waals surface area (Å²) in [6.45, 7) is 2.20. The van der Waals surface area contributed by atoms with Crippen LogP contribution in [0, 0.1) is 6.92 Å².